The molecule has 4 N–H and O–H groups in total. The second kappa shape index (κ2) is 7.48. The van der Waals surface area contributed by atoms with Crippen LogP contribution < -0.4 is 0 Å². The van der Waals surface area contributed by atoms with E-state index in [1.54, 1.807) is 6.08 Å². The summed E-state index contributed by atoms with van der Waals surface area (Å²) >= 11 is 0. The van der Waals surface area contributed by atoms with Gasteiger partial charge in [-0.3, -0.25) is 0 Å². The van der Waals surface area contributed by atoms with Gasteiger partial charge in [-0.2, -0.15) is 0 Å². The predicted octanol–water partition coefficient (Wildman–Crippen LogP) is -0.957. The number of ether oxygens (including phenoxy) is 2. The zero-order valence-electron chi connectivity index (χ0n) is 11.6. The van der Waals surface area contributed by atoms with Crippen LogP contribution in [0.4, 0.5) is 0 Å². The third-order valence-electron chi connectivity index (χ3n) is 3.29. The van der Waals surface area contributed by atoms with E-state index in [2.05, 4.69) is 0 Å². The highest BCUT2D eigenvalue weighted by Crippen LogP contribution is 2.20. The third-order valence-corrected chi connectivity index (χ3v) is 3.29. The van der Waals surface area contributed by atoms with E-state index >= 15 is 0 Å². The fraction of sp³-hybridized carbons (Fsp3) is 0.400. The molecule has 7 heteroatoms. The lowest BCUT2D eigenvalue weighted by atomic mass is 9.99. The Kier molecular flexibility index (Phi) is 5.64. The zero-order chi connectivity index (χ0) is 16.1. The lowest BCUT2D eigenvalue weighted by Crippen LogP contribution is -2.58. The van der Waals surface area contributed by atoms with E-state index in [1.807, 2.05) is 30.3 Å². The molecule has 0 spiro atoms. The first-order chi connectivity index (χ1) is 10.5. The summed E-state index contributed by atoms with van der Waals surface area (Å²) in [5, 5.41) is 37.9. The van der Waals surface area contributed by atoms with Gasteiger partial charge in [-0.15, -0.1) is 0 Å². The molecule has 2 rings (SSSR count). The highest BCUT2D eigenvalue weighted by atomic mass is 16.6. The molecule has 1 aromatic rings. The lowest BCUT2D eigenvalue weighted by molar-refractivity contribution is -0.287. The van der Waals surface area contributed by atoms with Gasteiger partial charge in [-0.05, 0) is 11.6 Å². The summed E-state index contributed by atoms with van der Waals surface area (Å²) in [6, 6.07) is 9.12. The summed E-state index contributed by atoms with van der Waals surface area (Å²) in [7, 11) is 0. The largest absolute Gasteiger partial charge is 0.460 e. The van der Waals surface area contributed by atoms with Crippen molar-refractivity contribution in [3.63, 3.8) is 0 Å². The summed E-state index contributed by atoms with van der Waals surface area (Å²) in [6.07, 6.45) is -4.65. The van der Waals surface area contributed by atoms with Crippen LogP contribution in [0.25, 0.3) is 6.08 Å². The lowest BCUT2D eigenvalue weighted by Gasteiger charge is -2.37. The van der Waals surface area contributed by atoms with Crippen molar-refractivity contribution in [1.29, 1.82) is 0 Å². The second-order valence-electron chi connectivity index (χ2n) is 4.91. The monoisotopic (exact) mass is 310 g/mol. The topological polar surface area (TPSA) is 116 Å². The van der Waals surface area contributed by atoms with Gasteiger partial charge in [-0.25, -0.2) is 4.79 Å². The van der Waals surface area contributed by atoms with Crippen LogP contribution in [0.1, 0.15) is 5.56 Å². The minimum atomic E-state index is -1.65. The van der Waals surface area contributed by atoms with E-state index in [0.717, 1.165) is 5.56 Å². The Bertz CT molecular complexity index is 516. The van der Waals surface area contributed by atoms with Crippen LogP contribution in [0.5, 0.6) is 0 Å². The summed E-state index contributed by atoms with van der Waals surface area (Å²) in [6.45, 7) is -0.361. The summed E-state index contributed by atoms with van der Waals surface area (Å²) in [4.78, 5) is 11.6. The van der Waals surface area contributed by atoms with Crippen LogP contribution >= 0.6 is 0 Å². The number of carbonyl (C=O) groups is 1. The smallest absolute Gasteiger partial charge is 0.330 e. The van der Waals surface area contributed by atoms with Gasteiger partial charge in [-0.1, -0.05) is 30.3 Å². The number of benzene rings is 1. The Hall–Kier alpha value is -1.77. The van der Waals surface area contributed by atoms with E-state index in [1.165, 1.54) is 6.08 Å². The molecule has 120 valence electrons. The first-order valence-corrected chi connectivity index (χ1v) is 6.76. The van der Waals surface area contributed by atoms with Crippen molar-refractivity contribution in [3.05, 3.63) is 42.0 Å². The molecule has 0 bridgehead atoms. The second-order valence-corrected chi connectivity index (χ2v) is 4.91. The minimum Gasteiger partial charge on any atom is -0.460 e. The number of rotatable bonds is 4. The molecule has 0 aliphatic carbocycles. The molecule has 0 radical (unpaired) electrons. The van der Waals surface area contributed by atoms with Crippen molar-refractivity contribution in [2.75, 3.05) is 6.61 Å². The normalized spacial score (nSPS) is 32.1. The number of aliphatic hydroxyl groups is 4. The van der Waals surface area contributed by atoms with E-state index in [9.17, 15) is 25.2 Å². The van der Waals surface area contributed by atoms with Crippen LogP contribution in [0.15, 0.2) is 36.4 Å². The molecular weight excluding hydrogens is 292 g/mol. The fourth-order valence-corrected chi connectivity index (χ4v) is 2.01. The highest BCUT2D eigenvalue weighted by molar-refractivity contribution is 5.87. The number of hydrogen-bond donors (Lipinski definition) is 4. The molecule has 1 saturated heterocycles. The van der Waals surface area contributed by atoms with Crippen molar-refractivity contribution in [1.82, 2.24) is 0 Å². The minimum absolute atomic E-state index is 0.361. The van der Waals surface area contributed by atoms with Crippen molar-refractivity contribution < 1.29 is 34.7 Å². The molecule has 0 saturated carbocycles. The summed E-state index contributed by atoms with van der Waals surface area (Å²) in [5.41, 5.74) is 0.822. The maximum atomic E-state index is 11.6. The number of carbonyl (C=O) groups excluding carboxylic acids is 1. The van der Waals surface area contributed by atoms with Gasteiger partial charge >= 0.3 is 5.97 Å². The van der Waals surface area contributed by atoms with Crippen LogP contribution in [-0.4, -0.2) is 63.7 Å². The number of esters is 1. The predicted molar refractivity (Wildman–Crippen MR) is 75.3 cm³/mol. The molecular formula is C15H18O7. The SMILES string of the molecule is O=C(/C=C/c1ccccc1)OC[C@H]1O[C@@H](O)[C@H](O)[C@H](O)[C@@H]1O. The van der Waals surface area contributed by atoms with Gasteiger partial charge in [0.2, 0.25) is 0 Å². The van der Waals surface area contributed by atoms with Crippen LogP contribution in [0, 0.1) is 0 Å². The Labute approximate surface area is 127 Å². The van der Waals surface area contributed by atoms with Crippen LogP contribution in [0.3, 0.4) is 0 Å². The summed E-state index contributed by atoms with van der Waals surface area (Å²) < 4.78 is 9.78. The standard InChI is InChI=1S/C15H18O7/c16-11(7-6-9-4-2-1-3-5-9)21-8-10-12(17)13(18)14(19)15(20)22-10/h1-7,10,12-15,17-20H,8H2/b7-6+/t10-,12-,13-,14-,15-/m1/s1. The highest BCUT2D eigenvalue weighted by Gasteiger charge is 2.43. The molecule has 1 heterocycles. The van der Waals surface area contributed by atoms with Crippen molar-refractivity contribution in [2.24, 2.45) is 0 Å². The van der Waals surface area contributed by atoms with E-state index in [0.29, 0.717) is 0 Å². The van der Waals surface area contributed by atoms with E-state index in [-0.39, 0.29) is 6.61 Å². The molecule has 0 aromatic heterocycles. The molecule has 5 atom stereocenters. The number of hydrogen-bond acceptors (Lipinski definition) is 7. The van der Waals surface area contributed by atoms with Crippen molar-refractivity contribution >= 4 is 12.0 Å². The van der Waals surface area contributed by atoms with E-state index < -0.39 is 36.7 Å². The van der Waals surface area contributed by atoms with Gasteiger partial charge in [0.1, 0.15) is 31.0 Å². The Morgan fingerprint density at radius 3 is 2.45 bits per heavy atom. The first kappa shape index (κ1) is 16.6. The number of aliphatic hydroxyl groups excluding tert-OH is 4. The molecule has 1 aliphatic rings. The third kappa shape index (κ3) is 4.12. The molecule has 7 nitrogen and oxygen atoms in total. The van der Waals surface area contributed by atoms with Gasteiger partial charge < -0.3 is 29.9 Å². The molecule has 1 fully saturated rings. The average molecular weight is 310 g/mol. The Balaban J connectivity index is 1.84. The summed E-state index contributed by atoms with van der Waals surface area (Å²) in [5.74, 6) is -0.658. The first-order valence-electron chi connectivity index (χ1n) is 6.76. The Morgan fingerprint density at radius 1 is 1.09 bits per heavy atom. The van der Waals surface area contributed by atoms with Gasteiger partial charge in [0.25, 0.3) is 0 Å². The van der Waals surface area contributed by atoms with Crippen molar-refractivity contribution in [3.8, 4) is 0 Å². The maximum absolute atomic E-state index is 11.6. The Morgan fingerprint density at radius 2 is 1.77 bits per heavy atom. The molecule has 0 amide bonds. The van der Waals surface area contributed by atoms with Crippen LogP contribution in [-0.2, 0) is 14.3 Å². The van der Waals surface area contributed by atoms with Crippen LogP contribution in [0.2, 0.25) is 0 Å². The van der Waals surface area contributed by atoms with E-state index in [4.69, 9.17) is 9.47 Å². The van der Waals surface area contributed by atoms with Gasteiger partial charge in [0, 0.05) is 6.08 Å². The van der Waals surface area contributed by atoms with Crippen molar-refractivity contribution in [2.45, 2.75) is 30.7 Å². The average Bonchev–Trinajstić information content (AvgIpc) is 2.54. The quantitative estimate of drug-likeness (QED) is 0.418. The molecule has 1 aliphatic heterocycles. The van der Waals surface area contributed by atoms with Gasteiger partial charge in [0.15, 0.2) is 6.29 Å². The molecule has 22 heavy (non-hydrogen) atoms. The zero-order valence-corrected chi connectivity index (χ0v) is 11.6. The van der Waals surface area contributed by atoms with Gasteiger partial charge in [0.05, 0.1) is 0 Å². The molecule has 0 unspecified atom stereocenters. The maximum Gasteiger partial charge on any atom is 0.330 e. The fourth-order valence-electron chi connectivity index (χ4n) is 2.01. The molecule has 1 aromatic carbocycles.